The fourth-order valence-corrected chi connectivity index (χ4v) is 1.64. The molecule has 2 heteroatoms. The zero-order chi connectivity index (χ0) is 13.6. The molecule has 0 aromatic heterocycles. The number of amides is 1. The van der Waals surface area contributed by atoms with E-state index in [0.29, 0.717) is 6.54 Å². The van der Waals surface area contributed by atoms with E-state index in [2.05, 4.69) is 39.1 Å². The molecule has 99 valence electrons. The summed E-state index contributed by atoms with van der Waals surface area (Å²) in [5, 5.41) is 2.97. The predicted molar refractivity (Wildman–Crippen MR) is 76.5 cm³/mol. The molecule has 0 saturated carbocycles. The van der Waals surface area contributed by atoms with Crippen LogP contribution < -0.4 is 5.32 Å². The van der Waals surface area contributed by atoms with Crippen LogP contribution in [0, 0.1) is 12.3 Å². The monoisotopic (exact) mass is 246 g/mol. The smallest absolute Gasteiger partial charge is 0.251 e. The van der Waals surface area contributed by atoms with Gasteiger partial charge in [-0.1, -0.05) is 46.2 Å². The van der Waals surface area contributed by atoms with Crippen LogP contribution >= 0.6 is 0 Å². The normalized spacial score (nSPS) is 11.3. The van der Waals surface area contributed by atoms with Crippen molar-refractivity contribution in [3.05, 3.63) is 42.3 Å². The summed E-state index contributed by atoms with van der Waals surface area (Å²) in [5.41, 5.74) is 2.07. The average Bonchev–Trinajstić information content (AvgIpc) is 2.33. The molecule has 0 saturated heterocycles. The van der Waals surface area contributed by atoms with Crippen LogP contribution in [-0.2, 0) is 6.42 Å². The topological polar surface area (TPSA) is 29.1 Å². The summed E-state index contributed by atoms with van der Waals surface area (Å²) in [6.45, 7) is 10.9. The number of nitrogens with one attached hydrogen (secondary N) is 1. The zero-order valence-corrected chi connectivity index (χ0v) is 11.8. The van der Waals surface area contributed by atoms with Crippen molar-refractivity contribution in [2.45, 2.75) is 40.0 Å². The molecule has 1 N–H and O–H groups in total. The lowest BCUT2D eigenvalue weighted by atomic mass is 9.97. The fraction of sp³-hybridized carbons (Fsp3) is 0.500. The lowest BCUT2D eigenvalue weighted by Gasteiger charge is -2.18. The summed E-state index contributed by atoms with van der Waals surface area (Å²) in [6, 6.07) is 7.86. The van der Waals surface area contributed by atoms with E-state index in [1.54, 1.807) is 0 Å². The van der Waals surface area contributed by atoms with Gasteiger partial charge in [-0.25, -0.2) is 0 Å². The Hall–Kier alpha value is -1.31. The van der Waals surface area contributed by atoms with Gasteiger partial charge >= 0.3 is 0 Å². The largest absolute Gasteiger partial charge is 0.352 e. The molecule has 18 heavy (non-hydrogen) atoms. The highest BCUT2D eigenvalue weighted by Gasteiger charge is 2.13. The highest BCUT2D eigenvalue weighted by atomic mass is 16.1. The molecular weight excluding hydrogens is 222 g/mol. The molecule has 0 bridgehead atoms. The summed E-state index contributed by atoms with van der Waals surface area (Å²) in [4.78, 5) is 12.0. The Balaban J connectivity index is 2.62. The summed E-state index contributed by atoms with van der Waals surface area (Å²) >= 11 is 0. The highest BCUT2D eigenvalue weighted by Crippen LogP contribution is 2.12. The van der Waals surface area contributed by atoms with Gasteiger partial charge in [0.25, 0.3) is 5.91 Å². The molecular formula is C16H24NO. The number of carbonyl (C=O) groups excluding carboxylic acids is 1. The molecule has 1 aromatic carbocycles. The average molecular weight is 246 g/mol. The molecule has 0 fully saturated rings. The first-order chi connectivity index (χ1) is 8.42. The van der Waals surface area contributed by atoms with Crippen LogP contribution in [-0.4, -0.2) is 12.5 Å². The SMILES string of the molecule is [CH2]CCCc1cccc(C(=O)NCC(C)(C)C)c1. The number of aryl methyl sites for hydroxylation is 1. The Morgan fingerprint density at radius 1 is 1.33 bits per heavy atom. The first kappa shape index (κ1) is 14.7. The van der Waals surface area contributed by atoms with Gasteiger partial charge in [0.1, 0.15) is 0 Å². The summed E-state index contributed by atoms with van der Waals surface area (Å²) < 4.78 is 0. The lowest BCUT2D eigenvalue weighted by Crippen LogP contribution is -2.32. The van der Waals surface area contributed by atoms with Crippen LogP contribution in [0.4, 0.5) is 0 Å². The molecule has 0 spiro atoms. The lowest BCUT2D eigenvalue weighted by molar-refractivity contribution is 0.0939. The van der Waals surface area contributed by atoms with Gasteiger partial charge in [0.05, 0.1) is 0 Å². The van der Waals surface area contributed by atoms with Crippen molar-refractivity contribution in [1.29, 1.82) is 0 Å². The second-order valence-electron chi connectivity index (χ2n) is 5.90. The minimum atomic E-state index is 0.0152. The van der Waals surface area contributed by atoms with Crippen LogP contribution in [0.1, 0.15) is 49.5 Å². The number of hydrogen-bond donors (Lipinski definition) is 1. The van der Waals surface area contributed by atoms with E-state index >= 15 is 0 Å². The summed E-state index contributed by atoms with van der Waals surface area (Å²) in [5.74, 6) is 0.0152. The van der Waals surface area contributed by atoms with Crippen molar-refractivity contribution in [2.75, 3.05) is 6.54 Å². The number of hydrogen-bond acceptors (Lipinski definition) is 1. The van der Waals surface area contributed by atoms with Crippen molar-refractivity contribution in [2.24, 2.45) is 5.41 Å². The number of carbonyl (C=O) groups is 1. The van der Waals surface area contributed by atoms with Gasteiger partial charge in [0.2, 0.25) is 0 Å². The van der Waals surface area contributed by atoms with Crippen LogP contribution in [0.2, 0.25) is 0 Å². The quantitative estimate of drug-likeness (QED) is 0.844. The third kappa shape index (κ3) is 5.35. The molecule has 0 aliphatic rings. The van der Waals surface area contributed by atoms with Crippen molar-refractivity contribution < 1.29 is 4.79 Å². The van der Waals surface area contributed by atoms with E-state index in [1.165, 1.54) is 5.56 Å². The minimum Gasteiger partial charge on any atom is -0.352 e. The number of rotatable bonds is 5. The Kier molecular flexibility index (Phi) is 5.39. The van der Waals surface area contributed by atoms with Crippen molar-refractivity contribution in [3.8, 4) is 0 Å². The third-order valence-corrected chi connectivity index (χ3v) is 2.68. The van der Waals surface area contributed by atoms with E-state index in [1.807, 2.05) is 18.2 Å². The van der Waals surface area contributed by atoms with E-state index in [-0.39, 0.29) is 11.3 Å². The summed E-state index contributed by atoms with van der Waals surface area (Å²) in [7, 11) is 0. The molecule has 0 heterocycles. The van der Waals surface area contributed by atoms with Gasteiger partial charge in [-0.15, -0.1) is 0 Å². The van der Waals surface area contributed by atoms with Crippen LogP contribution in [0.5, 0.6) is 0 Å². The van der Waals surface area contributed by atoms with Gasteiger partial charge in [0.15, 0.2) is 0 Å². The van der Waals surface area contributed by atoms with E-state index in [9.17, 15) is 4.79 Å². The first-order valence-electron chi connectivity index (χ1n) is 6.59. The van der Waals surface area contributed by atoms with Gasteiger partial charge < -0.3 is 5.32 Å². The Labute approximate surface area is 111 Å². The van der Waals surface area contributed by atoms with E-state index in [0.717, 1.165) is 24.8 Å². The van der Waals surface area contributed by atoms with Crippen molar-refractivity contribution >= 4 is 5.91 Å². The van der Waals surface area contributed by atoms with Crippen LogP contribution in [0.3, 0.4) is 0 Å². The van der Waals surface area contributed by atoms with Gasteiger partial charge in [-0.3, -0.25) is 4.79 Å². The maximum absolute atomic E-state index is 12.0. The first-order valence-corrected chi connectivity index (χ1v) is 6.59. The fourth-order valence-electron chi connectivity index (χ4n) is 1.64. The standard InChI is InChI=1S/C16H24NO/c1-5-6-8-13-9-7-10-14(11-13)15(18)17-12-16(2,3)4/h7,9-11H,1,5-6,8,12H2,2-4H3,(H,17,18). The highest BCUT2D eigenvalue weighted by molar-refractivity contribution is 5.94. The second kappa shape index (κ2) is 6.58. The minimum absolute atomic E-state index is 0.0152. The van der Waals surface area contributed by atoms with Crippen molar-refractivity contribution in [1.82, 2.24) is 5.32 Å². The van der Waals surface area contributed by atoms with E-state index < -0.39 is 0 Å². The molecule has 1 amide bonds. The Morgan fingerprint density at radius 3 is 2.67 bits per heavy atom. The molecule has 0 aliphatic heterocycles. The van der Waals surface area contributed by atoms with Crippen molar-refractivity contribution in [3.63, 3.8) is 0 Å². The molecule has 1 rings (SSSR count). The molecule has 0 aliphatic carbocycles. The zero-order valence-electron chi connectivity index (χ0n) is 11.8. The maximum Gasteiger partial charge on any atom is 0.251 e. The van der Waals surface area contributed by atoms with Gasteiger partial charge in [-0.2, -0.15) is 0 Å². The molecule has 2 nitrogen and oxygen atoms in total. The Bertz CT molecular complexity index is 390. The maximum atomic E-state index is 12.0. The molecule has 0 unspecified atom stereocenters. The van der Waals surface area contributed by atoms with Gasteiger partial charge in [-0.05, 0) is 36.0 Å². The number of unbranched alkanes of at least 4 members (excludes halogenated alkanes) is 1. The van der Waals surface area contributed by atoms with Gasteiger partial charge in [0, 0.05) is 12.1 Å². The molecule has 0 atom stereocenters. The van der Waals surface area contributed by atoms with Crippen LogP contribution in [0.25, 0.3) is 0 Å². The second-order valence-corrected chi connectivity index (χ2v) is 5.90. The summed E-state index contributed by atoms with van der Waals surface area (Å²) in [6.07, 6.45) is 2.98. The Morgan fingerprint density at radius 2 is 2.06 bits per heavy atom. The number of benzene rings is 1. The molecule has 1 aromatic rings. The predicted octanol–water partition coefficient (Wildman–Crippen LogP) is 3.62. The van der Waals surface area contributed by atoms with Crippen LogP contribution in [0.15, 0.2) is 24.3 Å². The molecule has 1 radical (unpaired) electrons. The van der Waals surface area contributed by atoms with E-state index in [4.69, 9.17) is 0 Å². The third-order valence-electron chi connectivity index (χ3n) is 2.68.